The molecule has 6 heteroatoms. The smallest absolute Gasteiger partial charge is 0.276 e. The van der Waals surface area contributed by atoms with Crippen LogP contribution in [0, 0.1) is 6.92 Å². The molecular formula is C10H15N5O. The summed E-state index contributed by atoms with van der Waals surface area (Å²) in [7, 11) is 1.84. The molecule has 0 aliphatic rings. The number of aryl methyl sites for hydroxylation is 2. The van der Waals surface area contributed by atoms with Gasteiger partial charge in [0.2, 0.25) is 0 Å². The summed E-state index contributed by atoms with van der Waals surface area (Å²) >= 11 is 0. The quantitative estimate of drug-likeness (QED) is 0.833. The van der Waals surface area contributed by atoms with Crippen LogP contribution in [0.15, 0.2) is 10.6 Å². The Balaban J connectivity index is 2.34. The van der Waals surface area contributed by atoms with Crippen LogP contribution in [-0.2, 0) is 13.1 Å². The maximum atomic E-state index is 5.20. The summed E-state index contributed by atoms with van der Waals surface area (Å²) in [5, 5.41) is 11.2. The van der Waals surface area contributed by atoms with Crippen molar-refractivity contribution in [2.45, 2.75) is 26.9 Å². The van der Waals surface area contributed by atoms with Crippen LogP contribution in [0.3, 0.4) is 0 Å². The predicted octanol–water partition coefficient (Wildman–Crippen LogP) is 0.981. The van der Waals surface area contributed by atoms with Crippen LogP contribution < -0.4 is 5.32 Å². The molecule has 0 fully saturated rings. The lowest BCUT2D eigenvalue weighted by atomic mass is 10.3. The normalized spacial score (nSPS) is 10.9. The number of nitrogens with zero attached hydrogens (tertiary/aromatic N) is 4. The molecule has 2 heterocycles. The van der Waals surface area contributed by atoms with Crippen molar-refractivity contribution in [3.63, 3.8) is 0 Å². The fourth-order valence-electron chi connectivity index (χ4n) is 1.55. The van der Waals surface area contributed by atoms with Gasteiger partial charge in [0.15, 0.2) is 5.82 Å². The molecular weight excluding hydrogens is 206 g/mol. The monoisotopic (exact) mass is 221 g/mol. The highest BCUT2D eigenvalue weighted by atomic mass is 16.5. The molecule has 0 aliphatic heterocycles. The van der Waals surface area contributed by atoms with E-state index in [4.69, 9.17) is 4.52 Å². The highest BCUT2D eigenvalue weighted by Crippen LogP contribution is 2.18. The van der Waals surface area contributed by atoms with Crippen LogP contribution in [0.5, 0.6) is 0 Å². The summed E-state index contributed by atoms with van der Waals surface area (Å²) in [5.41, 5.74) is 1.82. The van der Waals surface area contributed by atoms with E-state index in [2.05, 4.69) is 20.6 Å². The van der Waals surface area contributed by atoms with Crippen molar-refractivity contribution in [2.75, 3.05) is 7.05 Å². The van der Waals surface area contributed by atoms with E-state index < -0.39 is 0 Å². The Bertz CT molecular complexity index is 473. The van der Waals surface area contributed by atoms with Crippen LogP contribution in [0.1, 0.15) is 18.4 Å². The molecule has 0 radical (unpaired) electrons. The van der Waals surface area contributed by atoms with Gasteiger partial charge < -0.3 is 9.84 Å². The number of aromatic nitrogens is 4. The highest BCUT2D eigenvalue weighted by molar-refractivity contribution is 5.47. The Labute approximate surface area is 93.7 Å². The minimum Gasteiger partial charge on any atom is -0.332 e. The maximum Gasteiger partial charge on any atom is 0.276 e. The molecule has 0 aliphatic carbocycles. The van der Waals surface area contributed by atoms with Gasteiger partial charge in [0.1, 0.15) is 5.69 Å². The van der Waals surface area contributed by atoms with Crippen molar-refractivity contribution in [3.8, 4) is 11.6 Å². The first-order valence-corrected chi connectivity index (χ1v) is 5.26. The molecule has 86 valence electrons. The van der Waals surface area contributed by atoms with Gasteiger partial charge in [-0.15, -0.1) is 0 Å². The summed E-state index contributed by atoms with van der Waals surface area (Å²) in [6.07, 6.45) is 0. The molecule has 0 saturated carbocycles. The van der Waals surface area contributed by atoms with E-state index in [0.29, 0.717) is 18.3 Å². The maximum absolute atomic E-state index is 5.20. The average molecular weight is 221 g/mol. The summed E-state index contributed by atoms with van der Waals surface area (Å²) in [6, 6.07) is 1.94. The van der Waals surface area contributed by atoms with Gasteiger partial charge >= 0.3 is 0 Å². The van der Waals surface area contributed by atoms with Crippen LogP contribution in [-0.4, -0.2) is 27.0 Å². The molecule has 0 amide bonds. The molecule has 0 unspecified atom stereocenters. The fourth-order valence-corrected chi connectivity index (χ4v) is 1.55. The Morgan fingerprint density at radius 3 is 3.00 bits per heavy atom. The van der Waals surface area contributed by atoms with Crippen molar-refractivity contribution in [3.05, 3.63) is 17.6 Å². The van der Waals surface area contributed by atoms with E-state index in [0.717, 1.165) is 17.9 Å². The summed E-state index contributed by atoms with van der Waals surface area (Å²) in [5.74, 6) is 1.17. The first-order chi connectivity index (χ1) is 7.74. The Morgan fingerprint density at radius 2 is 2.31 bits per heavy atom. The van der Waals surface area contributed by atoms with Crippen molar-refractivity contribution in [1.29, 1.82) is 0 Å². The van der Waals surface area contributed by atoms with Crippen LogP contribution in [0.4, 0.5) is 0 Å². The van der Waals surface area contributed by atoms with Gasteiger partial charge in [-0.1, -0.05) is 5.16 Å². The summed E-state index contributed by atoms with van der Waals surface area (Å²) < 4.78 is 7.05. The van der Waals surface area contributed by atoms with E-state index in [9.17, 15) is 0 Å². The molecule has 2 rings (SSSR count). The Hall–Kier alpha value is -1.69. The lowest BCUT2D eigenvalue weighted by Gasteiger charge is -1.97. The first-order valence-electron chi connectivity index (χ1n) is 5.26. The topological polar surface area (TPSA) is 68.8 Å². The minimum atomic E-state index is 0.521. The number of hydrogen-bond acceptors (Lipinski definition) is 5. The number of nitrogens with one attached hydrogen (secondary N) is 1. The highest BCUT2D eigenvalue weighted by Gasteiger charge is 2.13. The number of hydrogen-bond donors (Lipinski definition) is 1. The van der Waals surface area contributed by atoms with Gasteiger partial charge in [-0.3, -0.25) is 4.68 Å². The SMILES string of the molecule is CCn1nc(C)cc1-c1nc(CNC)no1. The zero-order valence-electron chi connectivity index (χ0n) is 9.69. The van der Waals surface area contributed by atoms with Crippen molar-refractivity contribution >= 4 is 0 Å². The summed E-state index contributed by atoms with van der Waals surface area (Å²) in [6.45, 7) is 5.36. The Morgan fingerprint density at radius 1 is 1.50 bits per heavy atom. The van der Waals surface area contributed by atoms with Crippen molar-refractivity contribution in [2.24, 2.45) is 0 Å². The van der Waals surface area contributed by atoms with Crippen LogP contribution in [0.2, 0.25) is 0 Å². The minimum absolute atomic E-state index is 0.521. The van der Waals surface area contributed by atoms with E-state index in [1.807, 2.05) is 31.6 Å². The van der Waals surface area contributed by atoms with Gasteiger partial charge in [0.05, 0.1) is 12.2 Å². The second kappa shape index (κ2) is 4.44. The Kier molecular flexibility index (Phi) is 3.00. The third kappa shape index (κ3) is 1.96. The third-order valence-corrected chi connectivity index (χ3v) is 2.22. The molecule has 1 N–H and O–H groups in total. The predicted molar refractivity (Wildman–Crippen MR) is 58.7 cm³/mol. The van der Waals surface area contributed by atoms with Crippen LogP contribution >= 0.6 is 0 Å². The van der Waals surface area contributed by atoms with E-state index in [1.54, 1.807) is 0 Å². The molecule has 0 saturated heterocycles. The molecule has 2 aromatic heterocycles. The molecule has 0 bridgehead atoms. The molecule has 2 aromatic rings. The van der Waals surface area contributed by atoms with E-state index >= 15 is 0 Å². The van der Waals surface area contributed by atoms with Crippen molar-refractivity contribution in [1.82, 2.24) is 25.2 Å². The lowest BCUT2D eigenvalue weighted by molar-refractivity contribution is 0.416. The van der Waals surface area contributed by atoms with Crippen LogP contribution in [0.25, 0.3) is 11.6 Å². The lowest BCUT2D eigenvalue weighted by Crippen LogP contribution is -2.06. The van der Waals surface area contributed by atoms with Gasteiger partial charge in [-0.2, -0.15) is 10.1 Å². The molecule has 0 atom stereocenters. The standard InChI is InChI=1S/C10H15N5O/c1-4-15-8(5-7(2)13-15)10-12-9(6-11-3)14-16-10/h5,11H,4,6H2,1-3H3. The largest absolute Gasteiger partial charge is 0.332 e. The molecule has 0 aromatic carbocycles. The van der Waals surface area contributed by atoms with Gasteiger partial charge in [-0.25, -0.2) is 0 Å². The van der Waals surface area contributed by atoms with Gasteiger partial charge in [0.25, 0.3) is 5.89 Å². The van der Waals surface area contributed by atoms with Crippen molar-refractivity contribution < 1.29 is 4.52 Å². The first kappa shape index (κ1) is 10.8. The molecule has 16 heavy (non-hydrogen) atoms. The van der Waals surface area contributed by atoms with E-state index in [-0.39, 0.29) is 0 Å². The summed E-state index contributed by atoms with van der Waals surface area (Å²) in [4.78, 5) is 4.29. The second-order valence-electron chi connectivity index (χ2n) is 3.53. The fraction of sp³-hybridized carbons (Fsp3) is 0.500. The van der Waals surface area contributed by atoms with Gasteiger partial charge in [0, 0.05) is 6.54 Å². The second-order valence-corrected chi connectivity index (χ2v) is 3.53. The van der Waals surface area contributed by atoms with Gasteiger partial charge in [-0.05, 0) is 27.0 Å². The zero-order chi connectivity index (χ0) is 11.5. The zero-order valence-corrected chi connectivity index (χ0v) is 9.69. The molecule has 0 spiro atoms. The average Bonchev–Trinajstić information content (AvgIpc) is 2.85. The molecule has 6 nitrogen and oxygen atoms in total. The van der Waals surface area contributed by atoms with E-state index in [1.165, 1.54) is 0 Å². The third-order valence-electron chi connectivity index (χ3n) is 2.22. The number of rotatable bonds is 4.